The summed E-state index contributed by atoms with van der Waals surface area (Å²) in [6, 6.07) is 4.59. The number of carbonyl (C=O) groups is 1. The lowest BCUT2D eigenvalue weighted by Crippen LogP contribution is -2.02. The molecule has 0 aliphatic rings. The zero-order valence-electron chi connectivity index (χ0n) is 9.41. The Hall–Kier alpha value is -1.60. The molecule has 2 aromatic rings. The first kappa shape index (κ1) is 12.8. The minimum absolute atomic E-state index is 0.137. The molecule has 0 bridgehead atoms. The summed E-state index contributed by atoms with van der Waals surface area (Å²) in [6.07, 6.45) is 0. The second-order valence-electron chi connectivity index (χ2n) is 3.72. The van der Waals surface area contributed by atoms with Gasteiger partial charge >= 0.3 is 5.97 Å². The van der Waals surface area contributed by atoms with Crippen molar-refractivity contribution in [3.63, 3.8) is 0 Å². The maximum absolute atomic E-state index is 12.0. The number of carboxylic acids is 1. The Balaban J connectivity index is 2.30. The first-order valence-corrected chi connectivity index (χ1v) is 7.52. The van der Waals surface area contributed by atoms with Gasteiger partial charge < -0.3 is 9.52 Å². The van der Waals surface area contributed by atoms with Crippen molar-refractivity contribution in [1.82, 2.24) is 0 Å². The van der Waals surface area contributed by atoms with E-state index in [1.807, 2.05) is 0 Å². The number of carboxylic acid groups (broad SMARTS) is 1. The van der Waals surface area contributed by atoms with Gasteiger partial charge in [0.1, 0.15) is 15.7 Å². The van der Waals surface area contributed by atoms with Crippen LogP contribution in [-0.2, 0) is 15.6 Å². The van der Waals surface area contributed by atoms with Gasteiger partial charge in [-0.2, -0.15) is 0 Å². The highest BCUT2D eigenvalue weighted by atomic mass is 32.2. The standard InChI is InChI=1S/C11H10O5S2/c1-7-5-8(16-10(7)11(12)13)6-18(14,15)9-3-2-4-17-9/h2-5H,6H2,1H3,(H,12,13). The van der Waals surface area contributed by atoms with E-state index in [0.717, 1.165) is 11.3 Å². The van der Waals surface area contributed by atoms with E-state index in [1.165, 1.54) is 12.1 Å². The van der Waals surface area contributed by atoms with Crippen LogP contribution in [0.3, 0.4) is 0 Å². The molecule has 0 amide bonds. The van der Waals surface area contributed by atoms with Crippen molar-refractivity contribution < 1.29 is 22.7 Å². The van der Waals surface area contributed by atoms with E-state index >= 15 is 0 Å². The van der Waals surface area contributed by atoms with Gasteiger partial charge in [0.05, 0.1) is 0 Å². The molecule has 18 heavy (non-hydrogen) atoms. The molecule has 7 heteroatoms. The Kier molecular flexibility index (Phi) is 3.27. The van der Waals surface area contributed by atoms with Gasteiger partial charge in [0.2, 0.25) is 5.76 Å². The van der Waals surface area contributed by atoms with Gasteiger partial charge in [-0.05, 0) is 24.4 Å². The van der Waals surface area contributed by atoms with Crippen LogP contribution in [0.5, 0.6) is 0 Å². The highest BCUT2D eigenvalue weighted by molar-refractivity contribution is 7.92. The van der Waals surface area contributed by atoms with Crippen molar-refractivity contribution >= 4 is 27.1 Å². The summed E-state index contributed by atoms with van der Waals surface area (Å²) in [5.74, 6) is -1.61. The monoisotopic (exact) mass is 286 g/mol. The van der Waals surface area contributed by atoms with Crippen molar-refractivity contribution in [2.24, 2.45) is 0 Å². The van der Waals surface area contributed by atoms with Gasteiger partial charge in [-0.3, -0.25) is 0 Å². The highest BCUT2D eigenvalue weighted by Crippen LogP contribution is 2.23. The van der Waals surface area contributed by atoms with Crippen molar-refractivity contribution in [3.05, 3.63) is 40.7 Å². The number of rotatable bonds is 4. The topological polar surface area (TPSA) is 84.6 Å². The Morgan fingerprint density at radius 3 is 2.72 bits per heavy atom. The minimum atomic E-state index is -3.47. The number of thiophene rings is 1. The molecule has 0 unspecified atom stereocenters. The Morgan fingerprint density at radius 2 is 2.22 bits per heavy atom. The Bertz CT molecular complexity index is 664. The molecule has 96 valence electrons. The molecule has 5 nitrogen and oxygen atoms in total. The van der Waals surface area contributed by atoms with Crippen LogP contribution in [0.25, 0.3) is 0 Å². The molecule has 0 radical (unpaired) electrons. The second kappa shape index (κ2) is 4.58. The normalized spacial score (nSPS) is 11.6. The molecule has 0 spiro atoms. The van der Waals surface area contributed by atoms with Crippen LogP contribution in [0.2, 0.25) is 0 Å². The van der Waals surface area contributed by atoms with Crippen LogP contribution in [0, 0.1) is 6.92 Å². The lowest BCUT2D eigenvalue weighted by Gasteiger charge is -1.98. The predicted molar refractivity (Wildman–Crippen MR) is 65.6 cm³/mol. The van der Waals surface area contributed by atoms with E-state index < -0.39 is 15.8 Å². The zero-order valence-corrected chi connectivity index (χ0v) is 11.0. The van der Waals surface area contributed by atoms with E-state index in [4.69, 9.17) is 9.52 Å². The molecule has 2 heterocycles. The molecule has 0 saturated heterocycles. The quantitative estimate of drug-likeness (QED) is 0.932. The summed E-state index contributed by atoms with van der Waals surface area (Å²) in [5, 5.41) is 10.5. The summed E-state index contributed by atoms with van der Waals surface area (Å²) < 4.78 is 29.2. The fraction of sp³-hybridized carbons (Fsp3) is 0.182. The third-order valence-corrected chi connectivity index (χ3v) is 5.42. The molecule has 0 atom stereocenters. The van der Waals surface area contributed by atoms with Crippen molar-refractivity contribution in [1.29, 1.82) is 0 Å². The summed E-state index contributed by atoms with van der Waals surface area (Å²) >= 11 is 1.12. The second-order valence-corrected chi connectivity index (χ2v) is 6.89. The molecule has 0 aliphatic heterocycles. The molecule has 0 aromatic carbocycles. The molecular weight excluding hydrogens is 276 g/mol. The van der Waals surface area contributed by atoms with E-state index in [9.17, 15) is 13.2 Å². The average Bonchev–Trinajstić information content (AvgIpc) is 2.86. The van der Waals surface area contributed by atoms with Crippen LogP contribution in [-0.4, -0.2) is 19.5 Å². The summed E-state index contributed by atoms with van der Waals surface area (Å²) in [7, 11) is -3.47. The van der Waals surface area contributed by atoms with Gasteiger partial charge in [0, 0.05) is 5.56 Å². The van der Waals surface area contributed by atoms with E-state index in [-0.39, 0.29) is 21.5 Å². The van der Waals surface area contributed by atoms with Gasteiger partial charge in [0.15, 0.2) is 9.84 Å². The molecule has 0 aliphatic carbocycles. The predicted octanol–water partition coefficient (Wildman–Crippen LogP) is 2.32. The minimum Gasteiger partial charge on any atom is -0.475 e. The third-order valence-electron chi connectivity index (χ3n) is 2.30. The number of sulfone groups is 1. The maximum atomic E-state index is 12.0. The molecular formula is C11H10O5S2. The smallest absolute Gasteiger partial charge is 0.372 e. The van der Waals surface area contributed by atoms with Gasteiger partial charge in [0.25, 0.3) is 0 Å². The van der Waals surface area contributed by atoms with Gasteiger partial charge in [-0.25, -0.2) is 13.2 Å². The van der Waals surface area contributed by atoms with Crippen LogP contribution in [0.15, 0.2) is 32.2 Å². The number of aryl methyl sites for hydroxylation is 1. The summed E-state index contributed by atoms with van der Waals surface area (Å²) in [6.45, 7) is 1.56. The lowest BCUT2D eigenvalue weighted by molar-refractivity contribution is 0.0659. The average molecular weight is 286 g/mol. The highest BCUT2D eigenvalue weighted by Gasteiger charge is 2.21. The first-order chi connectivity index (χ1) is 8.40. The van der Waals surface area contributed by atoms with Crippen LogP contribution in [0.1, 0.15) is 21.9 Å². The maximum Gasteiger partial charge on any atom is 0.372 e. The fourth-order valence-electron chi connectivity index (χ4n) is 1.53. The number of furan rings is 1. The van der Waals surface area contributed by atoms with Crippen molar-refractivity contribution in [2.45, 2.75) is 16.9 Å². The van der Waals surface area contributed by atoms with E-state index in [0.29, 0.717) is 5.56 Å². The molecule has 0 saturated carbocycles. The largest absolute Gasteiger partial charge is 0.475 e. The number of aromatic carboxylic acids is 1. The Labute approximate surface area is 108 Å². The first-order valence-electron chi connectivity index (χ1n) is 4.99. The number of hydrogen-bond acceptors (Lipinski definition) is 5. The molecule has 1 N–H and O–H groups in total. The summed E-state index contributed by atoms with van der Waals surface area (Å²) in [5.41, 5.74) is 0.416. The third kappa shape index (κ3) is 2.46. The lowest BCUT2D eigenvalue weighted by atomic mass is 10.3. The van der Waals surface area contributed by atoms with Crippen molar-refractivity contribution in [3.8, 4) is 0 Å². The van der Waals surface area contributed by atoms with Gasteiger partial charge in [-0.15, -0.1) is 11.3 Å². The van der Waals surface area contributed by atoms with Crippen LogP contribution < -0.4 is 0 Å². The van der Waals surface area contributed by atoms with E-state index in [1.54, 1.807) is 18.4 Å². The van der Waals surface area contributed by atoms with Gasteiger partial charge in [-0.1, -0.05) is 6.07 Å². The van der Waals surface area contributed by atoms with Crippen LogP contribution >= 0.6 is 11.3 Å². The zero-order chi connectivity index (χ0) is 13.3. The fourth-order valence-corrected chi connectivity index (χ4v) is 3.85. The number of hydrogen-bond donors (Lipinski definition) is 1. The molecule has 2 rings (SSSR count). The van der Waals surface area contributed by atoms with Crippen molar-refractivity contribution in [2.75, 3.05) is 0 Å². The SMILES string of the molecule is Cc1cc(CS(=O)(=O)c2cccs2)oc1C(=O)O. The summed E-state index contributed by atoms with van der Waals surface area (Å²) in [4.78, 5) is 10.8. The Morgan fingerprint density at radius 1 is 1.50 bits per heavy atom. The van der Waals surface area contributed by atoms with E-state index in [2.05, 4.69) is 0 Å². The van der Waals surface area contributed by atoms with Crippen LogP contribution in [0.4, 0.5) is 0 Å². The molecule has 2 aromatic heterocycles. The molecule has 0 fully saturated rings.